The summed E-state index contributed by atoms with van der Waals surface area (Å²) in [6.45, 7) is 5.24. The Morgan fingerprint density at radius 1 is 1.60 bits per heavy atom. The Morgan fingerprint density at radius 3 is 2.87 bits per heavy atom. The van der Waals surface area contributed by atoms with E-state index in [4.69, 9.17) is 14.9 Å². The van der Waals surface area contributed by atoms with Gasteiger partial charge < -0.3 is 14.9 Å². The number of hydrogen-bond donors (Lipinski definition) is 1. The summed E-state index contributed by atoms with van der Waals surface area (Å²) >= 11 is 0. The van der Waals surface area contributed by atoms with Crippen LogP contribution in [0.2, 0.25) is 0 Å². The fourth-order valence-electron chi connectivity index (χ4n) is 1.78. The van der Waals surface area contributed by atoms with Gasteiger partial charge in [0.1, 0.15) is 5.76 Å². The van der Waals surface area contributed by atoms with Crippen LogP contribution >= 0.6 is 0 Å². The first kappa shape index (κ1) is 10.7. The molecule has 0 bridgehead atoms. The molecule has 2 rings (SSSR count). The van der Waals surface area contributed by atoms with Crippen LogP contribution in [0, 0.1) is 0 Å². The highest BCUT2D eigenvalue weighted by atomic mass is 16.5. The van der Waals surface area contributed by atoms with Crippen LogP contribution in [-0.2, 0) is 11.3 Å². The van der Waals surface area contributed by atoms with Gasteiger partial charge in [0.05, 0.1) is 32.1 Å². The second-order valence-corrected chi connectivity index (χ2v) is 4.03. The number of rotatable bonds is 5. The lowest BCUT2D eigenvalue weighted by molar-refractivity contribution is -0.0813. The van der Waals surface area contributed by atoms with Crippen LogP contribution in [0.3, 0.4) is 0 Å². The summed E-state index contributed by atoms with van der Waals surface area (Å²) in [5, 5.41) is 0. The molecule has 2 heterocycles. The molecule has 1 aliphatic heterocycles. The second-order valence-electron chi connectivity index (χ2n) is 4.03. The van der Waals surface area contributed by atoms with Crippen molar-refractivity contribution in [2.24, 2.45) is 5.73 Å². The highest BCUT2D eigenvalue weighted by molar-refractivity contribution is 4.99. The molecule has 15 heavy (non-hydrogen) atoms. The SMILES string of the molecule is CC(CN)N(Cc1ccco1)C1COC1. The lowest BCUT2D eigenvalue weighted by Gasteiger charge is -2.40. The summed E-state index contributed by atoms with van der Waals surface area (Å²) in [7, 11) is 0. The Morgan fingerprint density at radius 2 is 2.40 bits per heavy atom. The standard InChI is InChI=1S/C11H18N2O2/c1-9(5-12)13(10-7-14-8-10)6-11-3-2-4-15-11/h2-4,9-10H,5-8,12H2,1H3. The third-order valence-electron chi connectivity index (χ3n) is 2.92. The van der Waals surface area contributed by atoms with E-state index in [1.54, 1.807) is 6.26 Å². The van der Waals surface area contributed by atoms with E-state index in [-0.39, 0.29) is 0 Å². The molecule has 0 spiro atoms. The minimum absolute atomic E-state index is 0.365. The number of hydrogen-bond acceptors (Lipinski definition) is 4. The van der Waals surface area contributed by atoms with E-state index in [1.165, 1.54) is 0 Å². The van der Waals surface area contributed by atoms with Gasteiger partial charge in [0.25, 0.3) is 0 Å². The highest BCUT2D eigenvalue weighted by Gasteiger charge is 2.29. The number of furan rings is 1. The van der Waals surface area contributed by atoms with E-state index in [9.17, 15) is 0 Å². The summed E-state index contributed by atoms with van der Waals surface area (Å²) in [5.41, 5.74) is 5.71. The molecule has 1 fully saturated rings. The molecule has 0 amide bonds. The van der Waals surface area contributed by atoms with Crippen molar-refractivity contribution in [3.05, 3.63) is 24.2 Å². The van der Waals surface area contributed by atoms with E-state index in [0.29, 0.717) is 18.6 Å². The molecule has 1 saturated heterocycles. The minimum atomic E-state index is 0.365. The smallest absolute Gasteiger partial charge is 0.117 e. The summed E-state index contributed by atoms with van der Waals surface area (Å²) in [6.07, 6.45) is 1.71. The summed E-state index contributed by atoms with van der Waals surface area (Å²) in [4.78, 5) is 2.35. The molecule has 0 aromatic carbocycles. The summed E-state index contributed by atoms with van der Waals surface area (Å²) in [5.74, 6) is 0.988. The molecule has 0 aliphatic carbocycles. The molecule has 0 saturated carbocycles. The van der Waals surface area contributed by atoms with E-state index >= 15 is 0 Å². The molecule has 1 aromatic heterocycles. The Hall–Kier alpha value is -0.840. The van der Waals surface area contributed by atoms with Gasteiger partial charge in [-0.2, -0.15) is 0 Å². The molecule has 1 aromatic rings. The first-order valence-electron chi connectivity index (χ1n) is 5.37. The van der Waals surface area contributed by atoms with E-state index in [0.717, 1.165) is 25.5 Å². The van der Waals surface area contributed by atoms with E-state index in [1.807, 2.05) is 12.1 Å². The average Bonchev–Trinajstić information content (AvgIpc) is 2.65. The predicted octanol–water partition coefficient (Wildman–Crippen LogP) is 0.828. The Labute approximate surface area is 90.0 Å². The van der Waals surface area contributed by atoms with Crippen molar-refractivity contribution in [1.82, 2.24) is 4.90 Å². The number of ether oxygens (including phenoxy) is 1. The van der Waals surface area contributed by atoms with Crippen LogP contribution in [0.15, 0.2) is 22.8 Å². The highest BCUT2D eigenvalue weighted by Crippen LogP contribution is 2.17. The fraction of sp³-hybridized carbons (Fsp3) is 0.636. The van der Waals surface area contributed by atoms with Crippen LogP contribution in [-0.4, -0.2) is 36.7 Å². The Kier molecular flexibility index (Phi) is 3.41. The predicted molar refractivity (Wildman–Crippen MR) is 57.4 cm³/mol. The molecule has 4 heteroatoms. The molecule has 0 radical (unpaired) electrons. The zero-order chi connectivity index (χ0) is 10.7. The normalized spacial score (nSPS) is 19.1. The molecular weight excluding hydrogens is 192 g/mol. The zero-order valence-electron chi connectivity index (χ0n) is 9.06. The third kappa shape index (κ3) is 2.40. The maximum absolute atomic E-state index is 5.71. The summed E-state index contributed by atoms with van der Waals surface area (Å²) in [6, 6.07) is 4.77. The molecule has 84 valence electrons. The monoisotopic (exact) mass is 210 g/mol. The van der Waals surface area contributed by atoms with Gasteiger partial charge in [-0.05, 0) is 19.1 Å². The van der Waals surface area contributed by atoms with Crippen molar-refractivity contribution >= 4 is 0 Å². The van der Waals surface area contributed by atoms with Gasteiger partial charge in [0.15, 0.2) is 0 Å². The van der Waals surface area contributed by atoms with Crippen molar-refractivity contribution in [3.63, 3.8) is 0 Å². The van der Waals surface area contributed by atoms with Crippen molar-refractivity contribution in [2.45, 2.75) is 25.6 Å². The quantitative estimate of drug-likeness (QED) is 0.782. The average molecular weight is 210 g/mol. The topological polar surface area (TPSA) is 51.6 Å². The lowest BCUT2D eigenvalue weighted by atomic mass is 10.1. The van der Waals surface area contributed by atoms with Crippen LogP contribution in [0.4, 0.5) is 0 Å². The van der Waals surface area contributed by atoms with Crippen molar-refractivity contribution in [3.8, 4) is 0 Å². The molecule has 4 nitrogen and oxygen atoms in total. The van der Waals surface area contributed by atoms with E-state index in [2.05, 4.69) is 11.8 Å². The van der Waals surface area contributed by atoms with Gasteiger partial charge in [-0.25, -0.2) is 0 Å². The Bertz CT molecular complexity index is 278. The van der Waals surface area contributed by atoms with Crippen molar-refractivity contribution in [2.75, 3.05) is 19.8 Å². The van der Waals surface area contributed by atoms with Gasteiger partial charge in [0, 0.05) is 12.6 Å². The fourth-order valence-corrected chi connectivity index (χ4v) is 1.78. The van der Waals surface area contributed by atoms with Gasteiger partial charge in [0.2, 0.25) is 0 Å². The zero-order valence-corrected chi connectivity index (χ0v) is 9.06. The first-order chi connectivity index (χ1) is 7.31. The first-order valence-corrected chi connectivity index (χ1v) is 5.37. The van der Waals surface area contributed by atoms with Crippen molar-refractivity contribution < 1.29 is 9.15 Å². The number of nitrogens with zero attached hydrogens (tertiary/aromatic N) is 1. The second kappa shape index (κ2) is 4.79. The van der Waals surface area contributed by atoms with Crippen LogP contribution in [0.25, 0.3) is 0 Å². The maximum Gasteiger partial charge on any atom is 0.117 e. The minimum Gasteiger partial charge on any atom is -0.468 e. The van der Waals surface area contributed by atoms with Crippen molar-refractivity contribution in [1.29, 1.82) is 0 Å². The molecule has 2 N–H and O–H groups in total. The Balaban J connectivity index is 1.98. The molecule has 1 aliphatic rings. The third-order valence-corrected chi connectivity index (χ3v) is 2.92. The van der Waals surface area contributed by atoms with Crippen LogP contribution < -0.4 is 5.73 Å². The van der Waals surface area contributed by atoms with Gasteiger partial charge >= 0.3 is 0 Å². The largest absolute Gasteiger partial charge is 0.468 e. The molecular formula is C11H18N2O2. The van der Waals surface area contributed by atoms with Gasteiger partial charge in [-0.15, -0.1) is 0 Å². The maximum atomic E-state index is 5.71. The number of nitrogens with two attached hydrogens (primary N) is 1. The van der Waals surface area contributed by atoms with E-state index < -0.39 is 0 Å². The van der Waals surface area contributed by atoms with Gasteiger partial charge in [-0.1, -0.05) is 0 Å². The molecule has 1 atom stereocenters. The van der Waals surface area contributed by atoms with Crippen LogP contribution in [0.1, 0.15) is 12.7 Å². The van der Waals surface area contributed by atoms with Gasteiger partial charge in [-0.3, -0.25) is 4.90 Å². The van der Waals surface area contributed by atoms with Crippen LogP contribution in [0.5, 0.6) is 0 Å². The summed E-state index contributed by atoms with van der Waals surface area (Å²) < 4.78 is 10.6. The lowest BCUT2D eigenvalue weighted by Crippen LogP contribution is -2.53. The molecule has 1 unspecified atom stereocenters.